The molecule has 2 aromatic rings. The van der Waals surface area contributed by atoms with E-state index in [1.807, 2.05) is 42.1 Å². The fourth-order valence-corrected chi connectivity index (χ4v) is 2.31. The van der Waals surface area contributed by atoms with Crippen LogP contribution in [0.15, 0.2) is 36.7 Å². The van der Waals surface area contributed by atoms with E-state index in [1.54, 1.807) is 11.1 Å². The third-order valence-corrected chi connectivity index (χ3v) is 3.54. The van der Waals surface area contributed by atoms with E-state index in [2.05, 4.69) is 10.3 Å². The van der Waals surface area contributed by atoms with Gasteiger partial charge in [-0.25, -0.2) is 9.78 Å². The number of carbonyl (C=O) groups excluding carboxylic acids is 1. The zero-order valence-corrected chi connectivity index (χ0v) is 12.0. The summed E-state index contributed by atoms with van der Waals surface area (Å²) in [5, 5.41) is 3.35. The average molecular weight is 286 g/mol. The van der Waals surface area contributed by atoms with Gasteiger partial charge in [-0.15, -0.1) is 0 Å². The van der Waals surface area contributed by atoms with Crippen LogP contribution in [0.5, 0.6) is 0 Å². The number of carbonyl (C=O) groups is 1. The van der Waals surface area contributed by atoms with E-state index in [9.17, 15) is 4.79 Å². The molecule has 0 unspecified atom stereocenters. The van der Waals surface area contributed by atoms with E-state index in [0.717, 1.165) is 24.6 Å². The minimum atomic E-state index is -0.268. The molecule has 0 saturated carbocycles. The molecule has 0 atom stereocenters. The highest BCUT2D eigenvalue weighted by Crippen LogP contribution is 2.19. The van der Waals surface area contributed by atoms with Crippen LogP contribution in [0.25, 0.3) is 0 Å². The number of nitrogens with one attached hydrogen (secondary N) is 1. The van der Waals surface area contributed by atoms with Crippen molar-refractivity contribution in [3.63, 3.8) is 0 Å². The SMILES string of the molecule is Cn1ccnc1CNCc1ccc(N2CCOC2=O)cc1. The van der Waals surface area contributed by atoms with Gasteiger partial charge in [-0.05, 0) is 17.7 Å². The van der Waals surface area contributed by atoms with Gasteiger partial charge in [0.2, 0.25) is 0 Å². The van der Waals surface area contributed by atoms with Crippen LogP contribution in [-0.2, 0) is 24.9 Å². The van der Waals surface area contributed by atoms with Crippen molar-refractivity contribution < 1.29 is 9.53 Å². The zero-order valence-electron chi connectivity index (χ0n) is 12.0. The molecule has 6 heteroatoms. The molecule has 3 rings (SSSR count). The molecule has 1 aliphatic rings. The molecule has 2 heterocycles. The van der Waals surface area contributed by atoms with Gasteiger partial charge in [-0.1, -0.05) is 12.1 Å². The van der Waals surface area contributed by atoms with Crippen LogP contribution in [0.3, 0.4) is 0 Å². The van der Waals surface area contributed by atoms with Crippen LogP contribution in [0.4, 0.5) is 10.5 Å². The fraction of sp³-hybridized carbons (Fsp3) is 0.333. The molecule has 1 fully saturated rings. The van der Waals surface area contributed by atoms with Gasteiger partial charge in [-0.3, -0.25) is 4.90 Å². The van der Waals surface area contributed by atoms with Crippen molar-refractivity contribution in [1.82, 2.24) is 14.9 Å². The predicted molar refractivity (Wildman–Crippen MR) is 78.9 cm³/mol. The number of amides is 1. The molecule has 110 valence electrons. The molecule has 6 nitrogen and oxygen atoms in total. The fourth-order valence-electron chi connectivity index (χ4n) is 2.31. The van der Waals surface area contributed by atoms with Crippen molar-refractivity contribution >= 4 is 11.8 Å². The third-order valence-electron chi connectivity index (χ3n) is 3.54. The number of hydrogen-bond donors (Lipinski definition) is 1. The Balaban J connectivity index is 1.55. The molecule has 21 heavy (non-hydrogen) atoms. The van der Waals surface area contributed by atoms with Gasteiger partial charge in [0.15, 0.2) is 0 Å². The molecule has 0 radical (unpaired) electrons. The van der Waals surface area contributed by atoms with Crippen molar-refractivity contribution in [3.8, 4) is 0 Å². The first kappa shape index (κ1) is 13.6. The Morgan fingerprint density at radius 3 is 2.71 bits per heavy atom. The normalized spacial score (nSPS) is 14.5. The molecule has 1 aromatic heterocycles. The number of cyclic esters (lactones) is 1. The molecular formula is C15H18N4O2. The second-order valence-corrected chi connectivity index (χ2v) is 4.99. The first-order valence-electron chi connectivity index (χ1n) is 6.94. The summed E-state index contributed by atoms with van der Waals surface area (Å²) in [5.41, 5.74) is 2.05. The second kappa shape index (κ2) is 5.97. The van der Waals surface area contributed by atoms with Gasteiger partial charge in [0.25, 0.3) is 0 Å². The highest BCUT2D eigenvalue weighted by atomic mass is 16.6. The van der Waals surface area contributed by atoms with Gasteiger partial charge in [0, 0.05) is 31.7 Å². The first-order valence-corrected chi connectivity index (χ1v) is 6.94. The minimum Gasteiger partial charge on any atom is -0.447 e. The minimum absolute atomic E-state index is 0.268. The van der Waals surface area contributed by atoms with E-state index in [1.165, 1.54) is 5.56 Å². The maximum absolute atomic E-state index is 11.5. The molecule has 1 aliphatic heterocycles. The van der Waals surface area contributed by atoms with Crippen molar-refractivity contribution in [2.45, 2.75) is 13.1 Å². The topological polar surface area (TPSA) is 59.4 Å². The molecule has 1 aromatic carbocycles. The summed E-state index contributed by atoms with van der Waals surface area (Å²) in [6.07, 6.45) is 3.46. The van der Waals surface area contributed by atoms with Gasteiger partial charge in [0.05, 0.1) is 13.1 Å². The standard InChI is InChI=1S/C15H18N4O2/c1-18-7-6-17-14(18)11-16-10-12-2-4-13(5-3-12)19-8-9-21-15(19)20/h2-7,16H,8-11H2,1H3. The maximum atomic E-state index is 11.5. The van der Waals surface area contributed by atoms with E-state index in [-0.39, 0.29) is 6.09 Å². The molecule has 0 bridgehead atoms. The van der Waals surface area contributed by atoms with Crippen LogP contribution < -0.4 is 10.2 Å². The summed E-state index contributed by atoms with van der Waals surface area (Å²) in [4.78, 5) is 17.4. The molecule has 1 N–H and O–H groups in total. The van der Waals surface area contributed by atoms with Crippen molar-refractivity contribution in [2.24, 2.45) is 7.05 Å². The zero-order chi connectivity index (χ0) is 14.7. The third kappa shape index (κ3) is 3.05. The summed E-state index contributed by atoms with van der Waals surface area (Å²) in [7, 11) is 1.98. The van der Waals surface area contributed by atoms with Gasteiger partial charge >= 0.3 is 6.09 Å². The molecule has 0 aliphatic carbocycles. The second-order valence-electron chi connectivity index (χ2n) is 4.99. The van der Waals surface area contributed by atoms with Crippen LogP contribution in [0.1, 0.15) is 11.4 Å². The maximum Gasteiger partial charge on any atom is 0.414 e. The number of imidazole rings is 1. The Labute approximate surface area is 123 Å². The number of anilines is 1. The van der Waals surface area contributed by atoms with Crippen LogP contribution in [0.2, 0.25) is 0 Å². The van der Waals surface area contributed by atoms with Gasteiger partial charge < -0.3 is 14.6 Å². The number of aromatic nitrogens is 2. The lowest BCUT2D eigenvalue weighted by atomic mass is 10.2. The Hall–Kier alpha value is -2.34. The average Bonchev–Trinajstić information content (AvgIpc) is 3.09. The number of nitrogens with zero attached hydrogens (tertiary/aromatic N) is 3. The summed E-state index contributed by atoms with van der Waals surface area (Å²) < 4.78 is 6.93. The quantitative estimate of drug-likeness (QED) is 0.908. The first-order chi connectivity index (χ1) is 10.2. The molecule has 1 saturated heterocycles. The lowest BCUT2D eigenvalue weighted by Gasteiger charge is -2.13. The Morgan fingerprint density at radius 2 is 2.10 bits per heavy atom. The summed E-state index contributed by atoms with van der Waals surface area (Å²) in [6, 6.07) is 7.94. The van der Waals surface area contributed by atoms with E-state index >= 15 is 0 Å². The van der Waals surface area contributed by atoms with Crippen LogP contribution >= 0.6 is 0 Å². The summed E-state index contributed by atoms with van der Waals surface area (Å²) in [6.45, 7) is 2.57. The number of aryl methyl sites for hydroxylation is 1. The number of benzene rings is 1. The monoisotopic (exact) mass is 286 g/mol. The van der Waals surface area contributed by atoms with E-state index in [4.69, 9.17) is 4.74 Å². The predicted octanol–water partition coefficient (Wildman–Crippen LogP) is 1.67. The van der Waals surface area contributed by atoms with E-state index in [0.29, 0.717) is 13.2 Å². The molecule has 0 spiro atoms. The van der Waals surface area contributed by atoms with Crippen molar-refractivity contribution in [3.05, 3.63) is 48.0 Å². The Bertz CT molecular complexity index is 621. The lowest BCUT2D eigenvalue weighted by molar-refractivity contribution is 0.181. The van der Waals surface area contributed by atoms with Crippen LogP contribution in [-0.4, -0.2) is 28.8 Å². The van der Waals surface area contributed by atoms with Crippen LogP contribution in [0, 0.1) is 0 Å². The smallest absolute Gasteiger partial charge is 0.414 e. The van der Waals surface area contributed by atoms with Gasteiger partial charge in [0.1, 0.15) is 12.4 Å². The number of ether oxygens (including phenoxy) is 1. The molecule has 1 amide bonds. The molecular weight excluding hydrogens is 268 g/mol. The Morgan fingerprint density at radius 1 is 1.29 bits per heavy atom. The number of rotatable bonds is 5. The lowest BCUT2D eigenvalue weighted by Crippen LogP contribution is -2.23. The Kier molecular flexibility index (Phi) is 3.87. The number of hydrogen-bond acceptors (Lipinski definition) is 4. The van der Waals surface area contributed by atoms with Crippen molar-refractivity contribution in [1.29, 1.82) is 0 Å². The van der Waals surface area contributed by atoms with Gasteiger partial charge in [-0.2, -0.15) is 0 Å². The highest BCUT2D eigenvalue weighted by molar-refractivity contribution is 5.89. The summed E-state index contributed by atoms with van der Waals surface area (Å²) in [5.74, 6) is 1.01. The highest BCUT2D eigenvalue weighted by Gasteiger charge is 2.23. The van der Waals surface area contributed by atoms with E-state index < -0.39 is 0 Å². The summed E-state index contributed by atoms with van der Waals surface area (Å²) >= 11 is 0. The van der Waals surface area contributed by atoms with Crippen molar-refractivity contribution in [2.75, 3.05) is 18.1 Å². The largest absolute Gasteiger partial charge is 0.447 e.